The van der Waals surface area contributed by atoms with Crippen molar-refractivity contribution in [2.45, 2.75) is 17.7 Å². The van der Waals surface area contributed by atoms with Crippen LogP contribution in [0.2, 0.25) is 0 Å². The Kier molecular flexibility index (Phi) is 4.18. The van der Waals surface area contributed by atoms with Crippen LogP contribution in [0.4, 0.5) is 8.78 Å². The van der Waals surface area contributed by atoms with Crippen molar-refractivity contribution in [2.24, 2.45) is 5.92 Å². The van der Waals surface area contributed by atoms with Gasteiger partial charge in [-0.3, -0.25) is 0 Å². The highest BCUT2D eigenvalue weighted by molar-refractivity contribution is 7.99. The average molecular weight is 243 g/mol. The SMILES string of the molecule is Fc1ccc(F)c(SCCNCC2CC2)c1. The van der Waals surface area contributed by atoms with Gasteiger partial charge >= 0.3 is 0 Å². The van der Waals surface area contributed by atoms with E-state index in [1.54, 1.807) is 0 Å². The van der Waals surface area contributed by atoms with Crippen LogP contribution >= 0.6 is 11.8 Å². The lowest BCUT2D eigenvalue weighted by Crippen LogP contribution is -2.19. The van der Waals surface area contributed by atoms with Crippen molar-refractivity contribution in [1.82, 2.24) is 5.32 Å². The van der Waals surface area contributed by atoms with E-state index in [2.05, 4.69) is 5.32 Å². The number of benzene rings is 1. The van der Waals surface area contributed by atoms with Crippen molar-refractivity contribution in [1.29, 1.82) is 0 Å². The fraction of sp³-hybridized carbons (Fsp3) is 0.500. The van der Waals surface area contributed by atoms with Gasteiger partial charge in [0.1, 0.15) is 11.6 Å². The van der Waals surface area contributed by atoms with Gasteiger partial charge in [-0.1, -0.05) is 0 Å². The minimum absolute atomic E-state index is 0.339. The highest BCUT2D eigenvalue weighted by Crippen LogP contribution is 2.27. The molecule has 88 valence electrons. The molecule has 0 heterocycles. The fourth-order valence-corrected chi connectivity index (χ4v) is 2.32. The van der Waals surface area contributed by atoms with E-state index in [9.17, 15) is 8.78 Å². The molecule has 0 atom stereocenters. The van der Waals surface area contributed by atoms with E-state index in [0.29, 0.717) is 4.90 Å². The van der Waals surface area contributed by atoms with E-state index >= 15 is 0 Å². The first kappa shape index (κ1) is 11.9. The van der Waals surface area contributed by atoms with Crippen molar-refractivity contribution in [3.05, 3.63) is 29.8 Å². The third kappa shape index (κ3) is 3.76. The lowest BCUT2D eigenvalue weighted by atomic mass is 10.3. The zero-order valence-corrected chi connectivity index (χ0v) is 9.83. The Morgan fingerprint density at radius 2 is 2.12 bits per heavy atom. The topological polar surface area (TPSA) is 12.0 Å². The minimum Gasteiger partial charge on any atom is -0.316 e. The predicted octanol–water partition coefficient (Wildman–Crippen LogP) is 3.06. The van der Waals surface area contributed by atoms with Crippen LogP contribution in [0.1, 0.15) is 12.8 Å². The van der Waals surface area contributed by atoms with E-state index in [1.165, 1.54) is 36.7 Å². The summed E-state index contributed by atoms with van der Waals surface area (Å²) in [4.78, 5) is 0.397. The summed E-state index contributed by atoms with van der Waals surface area (Å²) in [5.74, 6) is 0.909. The van der Waals surface area contributed by atoms with Gasteiger partial charge in [-0.2, -0.15) is 0 Å². The van der Waals surface area contributed by atoms with Gasteiger partial charge in [0.2, 0.25) is 0 Å². The lowest BCUT2D eigenvalue weighted by molar-refractivity contribution is 0.577. The Balaban J connectivity index is 1.69. The summed E-state index contributed by atoms with van der Waals surface area (Å²) >= 11 is 1.36. The van der Waals surface area contributed by atoms with E-state index < -0.39 is 0 Å². The summed E-state index contributed by atoms with van der Waals surface area (Å²) in [6, 6.07) is 3.57. The van der Waals surface area contributed by atoms with Crippen LogP contribution in [0.15, 0.2) is 23.1 Å². The number of hydrogen-bond donors (Lipinski definition) is 1. The van der Waals surface area contributed by atoms with Gasteiger partial charge in [-0.25, -0.2) is 8.78 Å². The zero-order chi connectivity index (χ0) is 11.4. The second-order valence-corrected chi connectivity index (χ2v) is 5.21. The van der Waals surface area contributed by atoms with Gasteiger partial charge < -0.3 is 5.32 Å². The number of halogens is 2. The quantitative estimate of drug-likeness (QED) is 0.609. The normalized spacial score (nSPS) is 15.4. The summed E-state index contributed by atoms with van der Waals surface area (Å²) in [7, 11) is 0. The lowest BCUT2D eigenvalue weighted by Gasteiger charge is -2.04. The van der Waals surface area contributed by atoms with E-state index in [1.807, 2.05) is 0 Å². The maximum atomic E-state index is 13.2. The Labute approximate surface area is 98.6 Å². The molecule has 2 rings (SSSR count). The number of rotatable bonds is 6. The second-order valence-electron chi connectivity index (χ2n) is 4.07. The summed E-state index contributed by atoms with van der Waals surface area (Å²) < 4.78 is 26.1. The molecule has 1 aromatic carbocycles. The molecule has 1 aliphatic carbocycles. The number of thioether (sulfide) groups is 1. The molecule has 0 bridgehead atoms. The Morgan fingerprint density at radius 3 is 2.88 bits per heavy atom. The molecule has 0 radical (unpaired) electrons. The molecule has 16 heavy (non-hydrogen) atoms. The van der Waals surface area contributed by atoms with E-state index in [0.717, 1.165) is 30.8 Å². The first-order valence-electron chi connectivity index (χ1n) is 5.54. The Morgan fingerprint density at radius 1 is 1.31 bits per heavy atom. The molecule has 1 nitrogen and oxygen atoms in total. The first-order chi connectivity index (χ1) is 7.75. The van der Waals surface area contributed by atoms with Crippen LogP contribution in [0.5, 0.6) is 0 Å². The molecule has 0 amide bonds. The van der Waals surface area contributed by atoms with Crippen molar-refractivity contribution in [3.63, 3.8) is 0 Å². The Hall–Kier alpha value is -0.610. The maximum absolute atomic E-state index is 13.2. The minimum atomic E-state index is -0.380. The molecule has 1 N–H and O–H groups in total. The van der Waals surface area contributed by atoms with Crippen molar-refractivity contribution < 1.29 is 8.78 Å². The third-order valence-corrected chi connectivity index (χ3v) is 3.59. The monoisotopic (exact) mass is 243 g/mol. The molecular formula is C12H15F2NS. The molecule has 1 aromatic rings. The number of nitrogens with one attached hydrogen (secondary N) is 1. The van der Waals surface area contributed by atoms with Gasteiger partial charge in [0, 0.05) is 17.2 Å². The maximum Gasteiger partial charge on any atom is 0.136 e. The van der Waals surface area contributed by atoms with Crippen LogP contribution in [0.25, 0.3) is 0 Å². The van der Waals surface area contributed by atoms with Crippen molar-refractivity contribution >= 4 is 11.8 Å². The zero-order valence-electron chi connectivity index (χ0n) is 9.01. The van der Waals surface area contributed by atoms with Crippen LogP contribution < -0.4 is 5.32 Å². The molecule has 0 unspecified atom stereocenters. The summed E-state index contributed by atoms with van der Waals surface area (Å²) in [5, 5.41) is 3.31. The number of hydrogen-bond acceptors (Lipinski definition) is 2. The fourth-order valence-electron chi connectivity index (χ4n) is 1.45. The molecule has 1 saturated carbocycles. The van der Waals surface area contributed by atoms with Gasteiger partial charge in [0.05, 0.1) is 0 Å². The van der Waals surface area contributed by atoms with Crippen molar-refractivity contribution in [2.75, 3.05) is 18.8 Å². The molecule has 0 saturated heterocycles. The molecule has 0 aliphatic heterocycles. The third-order valence-electron chi connectivity index (χ3n) is 2.56. The van der Waals surface area contributed by atoms with Crippen LogP contribution in [0.3, 0.4) is 0 Å². The standard InChI is InChI=1S/C12H15F2NS/c13-10-3-4-11(14)12(7-10)16-6-5-15-8-9-1-2-9/h3-4,7,9,15H,1-2,5-6,8H2. The van der Waals surface area contributed by atoms with Crippen LogP contribution in [-0.2, 0) is 0 Å². The average Bonchev–Trinajstić information content (AvgIpc) is 3.06. The van der Waals surface area contributed by atoms with Crippen LogP contribution in [-0.4, -0.2) is 18.8 Å². The summed E-state index contributed by atoms with van der Waals surface area (Å²) in [6.45, 7) is 1.91. The van der Waals surface area contributed by atoms with Gasteiger partial charge in [0.15, 0.2) is 0 Å². The summed E-state index contributed by atoms with van der Waals surface area (Å²) in [6.07, 6.45) is 2.66. The molecular weight excluding hydrogens is 228 g/mol. The highest BCUT2D eigenvalue weighted by Gasteiger charge is 2.19. The highest BCUT2D eigenvalue weighted by atomic mass is 32.2. The van der Waals surface area contributed by atoms with Gasteiger partial charge in [-0.05, 0) is 43.5 Å². The van der Waals surface area contributed by atoms with Crippen LogP contribution in [0, 0.1) is 17.6 Å². The van der Waals surface area contributed by atoms with E-state index in [-0.39, 0.29) is 11.6 Å². The molecule has 0 aromatic heterocycles. The second kappa shape index (κ2) is 5.64. The smallest absolute Gasteiger partial charge is 0.136 e. The summed E-state index contributed by atoms with van der Waals surface area (Å²) in [5.41, 5.74) is 0. The predicted molar refractivity (Wildman–Crippen MR) is 62.7 cm³/mol. The first-order valence-corrected chi connectivity index (χ1v) is 6.53. The molecule has 1 fully saturated rings. The van der Waals surface area contributed by atoms with Gasteiger partial charge in [0.25, 0.3) is 0 Å². The van der Waals surface area contributed by atoms with E-state index in [4.69, 9.17) is 0 Å². The van der Waals surface area contributed by atoms with Gasteiger partial charge in [-0.15, -0.1) is 11.8 Å². The molecule has 4 heteroatoms. The molecule has 1 aliphatic rings. The Bertz CT molecular complexity index is 353. The van der Waals surface area contributed by atoms with Crippen molar-refractivity contribution in [3.8, 4) is 0 Å². The molecule has 0 spiro atoms. The largest absolute Gasteiger partial charge is 0.316 e.